The van der Waals surface area contributed by atoms with Crippen LogP contribution in [0.1, 0.15) is 52.9 Å². The topological polar surface area (TPSA) is 58.1 Å². The number of carbonyl (C=O) groups is 1. The van der Waals surface area contributed by atoms with Gasteiger partial charge in [-0.1, -0.05) is 42.4 Å². The van der Waals surface area contributed by atoms with Gasteiger partial charge in [-0.05, 0) is 33.6 Å². The molecule has 0 bridgehead atoms. The van der Waals surface area contributed by atoms with E-state index >= 15 is 0 Å². The quantitative estimate of drug-likeness (QED) is 0.828. The number of nitrogens with one attached hydrogen (secondary N) is 1. The lowest BCUT2D eigenvalue weighted by Crippen LogP contribution is -2.39. The van der Waals surface area contributed by atoms with Gasteiger partial charge in [0.05, 0.1) is 5.75 Å². The van der Waals surface area contributed by atoms with E-state index in [4.69, 9.17) is 0 Å². The molecule has 0 spiro atoms. The van der Waals surface area contributed by atoms with Gasteiger partial charge in [-0.25, -0.2) is 0 Å². The third kappa shape index (κ3) is 5.43. The van der Waals surface area contributed by atoms with Crippen molar-refractivity contribution in [2.45, 2.75) is 68.8 Å². The van der Waals surface area contributed by atoms with E-state index in [2.05, 4.69) is 36.3 Å². The average molecular weight is 343 g/mol. The smallest absolute Gasteiger partial charge is 0.233 e. The normalized spacial score (nSPS) is 16.5. The summed E-state index contributed by atoms with van der Waals surface area (Å²) in [5, 5.41) is 12.4. The molecule has 1 heterocycles. The standard InChI is InChI=1S/C15H26N4OS2/c1-15(2,3)16-13-17-18-14(22-13)21-10-12(20)19(4)11-8-6-5-7-9-11/h11H,5-10H2,1-4H3,(H,16,17). The number of aromatic nitrogens is 2. The van der Waals surface area contributed by atoms with Crippen LogP contribution in [0.3, 0.4) is 0 Å². The van der Waals surface area contributed by atoms with Crippen LogP contribution in [0.15, 0.2) is 4.34 Å². The zero-order valence-corrected chi connectivity index (χ0v) is 15.5. The van der Waals surface area contributed by atoms with Gasteiger partial charge in [-0.2, -0.15) is 0 Å². The number of hydrogen-bond acceptors (Lipinski definition) is 6. The Bertz CT molecular complexity index is 492. The highest BCUT2D eigenvalue weighted by Crippen LogP contribution is 2.28. The maximum atomic E-state index is 12.3. The van der Waals surface area contributed by atoms with Crippen molar-refractivity contribution in [3.05, 3.63) is 0 Å². The fourth-order valence-corrected chi connectivity index (χ4v) is 4.42. The maximum Gasteiger partial charge on any atom is 0.233 e. The molecular weight excluding hydrogens is 316 g/mol. The van der Waals surface area contributed by atoms with Crippen LogP contribution in [0.4, 0.5) is 5.13 Å². The van der Waals surface area contributed by atoms with Crippen molar-refractivity contribution in [1.82, 2.24) is 15.1 Å². The summed E-state index contributed by atoms with van der Waals surface area (Å²) in [6.07, 6.45) is 6.08. The molecule has 1 aliphatic rings. The summed E-state index contributed by atoms with van der Waals surface area (Å²) in [6, 6.07) is 0.425. The van der Waals surface area contributed by atoms with E-state index in [0.717, 1.165) is 22.3 Å². The summed E-state index contributed by atoms with van der Waals surface area (Å²) in [7, 11) is 1.94. The Morgan fingerprint density at radius 1 is 1.32 bits per heavy atom. The number of rotatable bonds is 5. The molecule has 0 atom stereocenters. The number of amides is 1. The zero-order valence-electron chi connectivity index (χ0n) is 13.9. The Labute approximate surface area is 141 Å². The lowest BCUT2D eigenvalue weighted by atomic mass is 9.94. The molecule has 1 aromatic rings. The van der Waals surface area contributed by atoms with Gasteiger partial charge in [-0.3, -0.25) is 4.79 Å². The van der Waals surface area contributed by atoms with Crippen molar-refractivity contribution in [2.24, 2.45) is 0 Å². The number of anilines is 1. The summed E-state index contributed by atoms with van der Waals surface area (Å²) in [5.41, 5.74) is -0.0293. The average Bonchev–Trinajstić information content (AvgIpc) is 2.90. The number of thioether (sulfide) groups is 1. The molecule has 1 aromatic heterocycles. The molecule has 2 rings (SSSR count). The van der Waals surface area contributed by atoms with E-state index in [9.17, 15) is 4.79 Å². The summed E-state index contributed by atoms with van der Waals surface area (Å²) in [5.74, 6) is 0.634. The van der Waals surface area contributed by atoms with Crippen LogP contribution in [-0.4, -0.2) is 45.4 Å². The minimum absolute atomic E-state index is 0.0293. The van der Waals surface area contributed by atoms with Crippen LogP contribution in [0.25, 0.3) is 0 Å². The monoisotopic (exact) mass is 342 g/mol. The molecule has 22 heavy (non-hydrogen) atoms. The molecule has 1 N–H and O–H groups in total. The second kappa shape index (κ2) is 7.64. The van der Waals surface area contributed by atoms with Gasteiger partial charge in [0.15, 0.2) is 4.34 Å². The molecule has 0 unspecified atom stereocenters. The van der Waals surface area contributed by atoms with Crippen LogP contribution in [0.5, 0.6) is 0 Å². The summed E-state index contributed by atoms with van der Waals surface area (Å²) in [4.78, 5) is 14.2. The molecule has 0 aromatic carbocycles. The Hall–Kier alpha value is -0.820. The van der Waals surface area contributed by atoms with Gasteiger partial charge in [-0.15, -0.1) is 10.2 Å². The zero-order chi connectivity index (χ0) is 16.2. The van der Waals surface area contributed by atoms with Crippen molar-refractivity contribution in [3.8, 4) is 0 Å². The number of nitrogens with zero attached hydrogens (tertiary/aromatic N) is 3. The molecule has 5 nitrogen and oxygen atoms in total. The molecule has 1 amide bonds. The highest BCUT2D eigenvalue weighted by atomic mass is 32.2. The van der Waals surface area contributed by atoms with Crippen LogP contribution in [0, 0.1) is 0 Å². The number of carbonyl (C=O) groups excluding carboxylic acids is 1. The molecule has 7 heteroatoms. The molecule has 124 valence electrons. The Balaban J connectivity index is 1.80. The van der Waals surface area contributed by atoms with Crippen molar-refractivity contribution in [1.29, 1.82) is 0 Å². The Morgan fingerprint density at radius 2 is 2.00 bits per heavy atom. The summed E-state index contributed by atoms with van der Waals surface area (Å²) >= 11 is 2.99. The third-order valence-electron chi connectivity index (χ3n) is 3.72. The van der Waals surface area contributed by atoms with E-state index in [1.54, 1.807) is 0 Å². The van der Waals surface area contributed by atoms with Gasteiger partial charge in [0.1, 0.15) is 0 Å². The van der Waals surface area contributed by atoms with E-state index in [1.165, 1.54) is 42.4 Å². The first-order valence-electron chi connectivity index (χ1n) is 7.85. The number of hydrogen-bond donors (Lipinski definition) is 1. The largest absolute Gasteiger partial charge is 0.355 e. The SMILES string of the molecule is CN(C(=O)CSc1nnc(NC(C)(C)C)s1)C1CCCCC1. The van der Waals surface area contributed by atoms with E-state index < -0.39 is 0 Å². The Morgan fingerprint density at radius 3 is 2.64 bits per heavy atom. The third-order valence-corrected chi connectivity index (χ3v) is 5.68. The van der Waals surface area contributed by atoms with Gasteiger partial charge < -0.3 is 10.2 Å². The molecule has 0 aliphatic heterocycles. The van der Waals surface area contributed by atoms with Crippen LogP contribution >= 0.6 is 23.1 Å². The van der Waals surface area contributed by atoms with E-state index in [1.807, 2.05) is 11.9 Å². The highest BCUT2D eigenvalue weighted by Gasteiger charge is 2.22. The summed E-state index contributed by atoms with van der Waals surface area (Å²) in [6.45, 7) is 6.26. The molecular formula is C15H26N4OS2. The second-order valence-electron chi connectivity index (χ2n) is 6.83. The lowest BCUT2D eigenvalue weighted by Gasteiger charge is -2.31. The predicted octanol–water partition coefficient (Wildman–Crippen LogP) is 3.63. The molecule has 1 fully saturated rings. The molecule has 0 radical (unpaired) electrons. The molecule has 1 saturated carbocycles. The van der Waals surface area contributed by atoms with Crippen LogP contribution in [-0.2, 0) is 4.79 Å². The minimum atomic E-state index is -0.0293. The summed E-state index contributed by atoms with van der Waals surface area (Å²) < 4.78 is 0.845. The first-order valence-corrected chi connectivity index (χ1v) is 9.65. The first-order chi connectivity index (χ1) is 10.3. The maximum absolute atomic E-state index is 12.3. The lowest BCUT2D eigenvalue weighted by molar-refractivity contribution is -0.129. The van der Waals surface area contributed by atoms with Gasteiger partial charge in [0.2, 0.25) is 11.0 Å². The van der Waals surface area contributed by atoms with Gasteiger partial charge >= 0.3 is 0 Å². The highest BCUT2D eigenvalue weighted by molar-refractivity contribution is 8.01. The van der Waals surface area contributed by atoms with Gasteiger partial charge in [0.25, 0.3) is 0 Å². The van der Waals surface area contributed by atoms with Crippen molar-refractivity contribution < 1.29 is 4.79 Å². The van der Waals surface area contributed by atoms with E-state index in [0.29, 0.717) is 11.8 Å². The van der Waals surface area contributed by atoms with Crippen LogP contribution in [0.2, 0.25) is 0 Å². The predicted molar refractivity (Wildman–Crippen MR) is 93.7 cm³/mol. The second-order valence-corrected chi connectivity index (χ2v) is 9.03. The van der Waals surface area contributed by atoms with Crippen molar-refractivity contribution in [2.75, 3.05) is 18.1 Å². The molecule has 1 aliphatic carbocycles. The molecule has 0 saturated heterocycles. The van der Waals surface area contributed by atoms with Gasteiger partial charge in [0, 0.05) is 18.6 Å². The Kier molecular flexibility index (Phi) is 6.09. The van der Waals surface area contributed by atoms with Crippen LogP contribution < -0.4 is 5.32 Å². The first kappa shape index (κ1) is 17.5. The van der Waals surface area contributed by atoms with Crippen molar-refractivity contribution >= 4 is 34.1 Å². The fraction of sp³-hybridized carbons (Fsp3) is 0.800. The van der Waals surface area contributed by atoms with Crippen molar-refractivity contribution in [3.63, 3.8) is 0 Å². The fourth-order valence-electron chi connectivity index (χ4n) is 2.54. The minimum Gasteiger partial charge on any atom is -0.355 e. The van der Waals surface area contributed by atoms with E-state index in [-0.39, 0.29) is 11.4 Å².